The molecule has 6 heteroatoms. The highest BCUT2D eigenvalue weighted by molar-refractivity contribution is 8.24. The van der Waals surface area contributed by atoms with Crippen LogP contribution >= 0.6 is 10.6 Å². The number of carbonyl (C=O) groups excluding carboxylic acids is 1. The topological polar surface area (TPSA) is 74.4 Å². The van der Waals surface area contributed by atoms with Gasteiger partial charge in [-0.1, -0.05) is 24.3 Å². The standard InChI is InChI=1S/C19H21NO4S/c1-24-19(21)13-6-7-16-15-4-2-3-5-17(15)20(18(16)12-13)14-8-10-25(22,23)11-9-14/h2-7,12,14,22-23H,8-11H2,1H3/p+1. The van der Waals surface area contributed by atoms with Gasteiger partial charge in [-0.25, -0.2) is 4.79 Å². The van der Waals surface area contributed by atoms with Gasteiger partial charge >= 0.3 is 5.97 Å². The summed E-state index contributed by atoms with van der Waals surface area (Å²) in [5, 5.41) is 2.27. The highest BCUT2D eigenvalue weighted by Gasteiger charge is 2.29. The van der Waals surface area contributed by atoms with Crippen LogP contribution in [0.5, 0.6) is 0 Å². The van der Waals surface area contributed by atoms with E-state index in [2.05, 4.69) is 16.7 Å². The molecule has 1 aliphatic heterocycles. The van der Waals surface area contributed by atoms with Gasteiger partial charge in [-0.05, 0) is 31.0 Å². The van der Waals surface area contributed by atoms with Crippen LogP contribution in [0.15, 0.2) is 42.5 Å². The van der Waals surface area contributed by atoms with Crippen molar-refractivity contribution in [3.05, 3.63) is 48.0 Å². The summed E-state index contributed by atoms with van der Waals surface area (Å²) in [4.78, 5) is 12.0. The Morgan fingerprint density at radius 3 is 2.56 bits per heavy atom. The Labute approximate surface area is 147 Å². The zero-order valence-electron chi connectivity index (χ0n) is 14.1. The molecule has 3 N–H and O–H groups in total. The molecule has 1 aromatic heterocycles. The second kappa shape index (κ2) is 6.05. The fourth-order valence-electron chi connectivity index (χ4n) is 3.80. The SMILES string of the molecule is COC(=O)c1ccc2c3ccccc3n(C3CCS(O)([OH2+])CC3)c2c1. The number of aromatic nitrogens is 1. The number of para-hydroxylation sites is 1. The molecule has 3 aromatic rings. The quantitative estimate of drug-likeness (QED) is 0.557. The van der Waals surface area contributed by atoms with Gasteiger partial charge in [0.2, 0.25) is 0 Å². The van der Waals surface area contributed by atoms with Gasteiger partial charge in [0.15, 0.2) is 0 Å². The number of ether oxygens (including phenoxy) is 1. The van der Waals surface area contributed by atoms with E-state index in [9.17, 15) is 9.35 Å². The van der Waals surface area contributed by atoms with E-state index in [1.54, 1.807) is 6.07 Å². The molecule has 0 bridgehead atoms. The van der Waals surface area contributed by atoms with E-state index >= 15 is 0 Å². The van der Waals surface area contributed by atoms with Gasteiger partial charge in [-0.15, -0.1) is 10.6 Å². The number of hydrogen-bond acceptors (Lipinski definition) is 3. The summed E-state index contributed by atoms with van der Waals surface area (Å²) < 4.78 is 25.1. The second-order valence-electron chi connectivity index (χ2n) is 6.59. The maximum absolute atomic E-state index is 12.0. The van der Waals surface area contributed by atoms with E-state index in [1.807, 2.05) is 24.3 Å². The zero-order chi connectivity index (χ0) is 17.6. The minimum atomic E-state index is -2.18. The molecule has 0 atom stereocenters. The van der Waals surface area contributed by atoms with Crippen LogP contribution in [-0.4, -0.2) is 38.3 Å². The smallest absolute Gasteiger partial charge is 0.337 e. The molecular formula is C19H22NO4S+. The molecule has 0 amide bonds. The summed E-state index contributed by atoms with van der Waals surface area (Å²) >= 11 is 0. The molecule has 132 valence electrons. The molecule has 0 aliphatic carbocycles. The van der Waals surface area contributed by atoms with Gasteiger partial charge in [0.05, 0.1) is 29.7 Å². The third-order valence-corrected chi connectivity index (χ3v) is 6.90. The molecule has 1 aliphatic rings. The van der Waals surface area contributed by atoms with Gasteiger partial charge in [0.1, 0.15) is 0 Å². The first-order chi connectivity index (χ1) is 12.0. The van der Waals surface area contributed by atoms with Crippen LogP contribution in [-0.2, 0) is 4.74 Å². The van der Waals surface area contributed by atoms with Crippen molar-refractivity contribution in [1.29, 1.82) is 0 Å². The Balaban J connectivity index is 1.91. The Morgan fingerprint density at radius 1 is 1.16 bits per heavy atom. The van der Waals surface area contributed by atoms with Gasteiger partial charge in [-0.2, -0.15) is 0 Å². The highest BCUT2D eigenvalue weighted by atomic mass is 32.3. The summed E-state index contributed by atoms with van der Waals surface area (Å²) in [6, 6.07) is 14.2. The Bertz CT molecular complexity index is 953. The van der Waals surface area contributed by atoms with Crippen LogP contribution in [0.2, 0.25) is 0 Å². The van der Waals surface area contributed by atoms with E-state index in [0.29, 0.717) is 17.1 Å². The van der Waals surface area contributed by atoms with Gasteiger partial charge < -0.3 is 13.9 Å². The summed E-state index contributed by atoms with van der Waals surface area (Å²) in [6.07, 6.45) is 1.57. The largest absolute Gasteiger partial charge is 0.465 e. The van der Waals surface area contributed by atoms with Crippen LogP contribution in [0.25, 0.3) is 21.8 Å². The average molecular weight is 360 g/mol. The Morgan fingerprint density at radius 2 is 1.84 bits per heavy atom. The van der Waals surface area contributed by atoms with Crippen molar-refractivity contribution < 1.29 is 18.6 Å². The van der Waals surface area contributed by atoms with E-state index in [0.717, 1.165) is 34.6 Å². The van der Waals surface area contributed by atoms with Crippen LogP contribution < -0.4 is 0 Å². The van der Waals surface area contributed by atoms with Crippen molar-refractivity contribution in [2.24, 2.45) is 0 Å². The number of fused-ring (bicyclic) bond motifs is 3. The molecule has 1 saturated heterocycles. The number of methoxy groups -OCH3 is 1. The van der Waals surface area contributed by atoms with E-state index in [4.69, 9.17) is 9.29 Å². The lowest BCUT2D eigenvalue weighted by Gasteiger charge is -2.36. The third kappa shape index (κ3) is 2.80. The van der Waals surface area contributed by atoms with Gasteiger partial charge in [0, 0.05) is 22.3 Å². The minimum absolute atomic E-state index is 0.230. The number of carbonyl (C=O) groups is 1. The summed E-state index contributed by atoms with van der Waals surface area (Å²) in [5.41, 5.74) is 2.69. The maximum atomic E-state index is 12.0. The first kappa shape index (κ1) is 16.4. The second-order valence-corrected chi connectivity index (χ2v) is 9.09. The lowest BCUT2D eigenvalue weighted by Crippen LogP contribution is -2.23. The molecule has 5 nitrogen and oxygen atoms in total. The third-order valence-electron chi connectivity index (χ3n) is 5.07. The predicted molar refractivity (Wildman–Crippen MR) is 103 cm³/mol. The van der Waals surface area contributed by atoms with Crippen molar-refractivity contribution in [2.45, 2.75) is 18.9 Å². The molecule has 2 aromatic carbocycles. The summed E-state index contributed by atoms with van der Waals surface area (Å²) in [7, 11) is -0.786. The molecular weight excluding hydrogens is 338 g/mol. The lowest BCUT2D eigenvalue weighted by atomic mass is 10.1. The van der Waals surface area contributed by atoms with Gasteiger partial charge in [-0.3, -0.25) is 4.55 Å². The molecule has 0 saturated carbocycles. The fraction of sp³-hybridized carbons (Fsp3) is 0.316. The van der Waals surface area contributed by atoms with Crippen molar-refractivity contribution >= 4 is 38.4 Å². The first-order valence-electron chi connectivity index (χ1n) is 8.37. The Hall–Kier alpha value is -2.02. The number of rotatable bonds is 2. The fourth-order valence-corrected chi connectivity index (χ4v) is 5.33. The molecule has 25 heavy (non-hydrogen) atoms. The zero-order valence-corrected chi connectivity index (χ0v) is 14.9. The molecule has 1 fully saturated rings. The average Bonchev–Trinajstić information content (AvgIpc) is 2.95. The van der Waals surface area contributed by atoms with Crippen LogP contribution in [0.4, 0.5) is 0 Å². The van der Waals surface area contributed by atoms with E-state index < -0.39 is 10.6 Å². The van der Waals surface area contributed by atoms with Crippen molar-refractivity contribution in [3.8, 4) is 0 Å². The van der Waals surface area contributed by atoms with Crippen molar-refractivity contribution in [2.75, 3.05) is 18.6 Å². The van der Waals surface area contributed by atoms with Crippen LogP contribution in [0.3, 0.4) is 0 Å². The molecule has 2 heterocycles. The maximum Gasteiger partial charge on any atom is 0.337 e. The monoisotopic (exact) mass is 360 g/mol. The predicted octanol–water partition coefficient (Wildman–Crippen LogP) is 3.83. The number of hydrogen-bond donors (Lipinski definition) is 1. The molecule has 0 unspecified atom stereocenters. The minimum Gasteiger partial charge on any atom is -0.465 e. The number of esters is 1. The van der Waals surface area contributed by atoms with Crippen molar-refractivity contribution in [1.82, 2.24) is 4.57 Å². The molecule has 4 rings (SSSR count). The summed E-state index contributed by atoms with van der Waals surface area (Å²) in [6.45, 7) is 0. The number of nitrogens with zero attached hydrogens (tertiary/aromatic N) is 1. The Kier molecular flexibility index (Phi) is 3.98. The van der Waals surface area contributed by atoms with Crippen molar-refractivity contribution in [3.63, 3.8) is 0 Å². The molecule has 0 spiro atoms. The van der Waals surface area contributed by atoms with Crippen LogP contribution in [0, 0.1) is 0 Å². The lowest BCUT2D eigenvalue weighted by molar-refractivity contribution is 0.0601. The van der Waals surface area contributed by atoms with Crippen LogP contribution in [0.1, 0.15) is 29.2 Å². The number of benzene rings is 2. The van der Waals surface area contributed by atoms with E-state index in [1.165, 1.54) is 7.11 Å². The highest BCUT2D eigenvalue weighted by Crippen LogP contribution is 2.48. The normalized spacial score (nSPS) is 26.4. The van der Waals surface area contributed by atoms with Gasteiger partial charge in [0.25, 0.3) is 0 Å². The molecule has 0 radical (unpaired) electrons. The summed E-state index contributed by atoms with van der Waals surface area (Å²) in [5.74, 6) is 0.748. The first-order valence-corrected chi connectivity index (χ1v) is 10.3. The van der Waals surface area contributed by atoms with E-state index in [-0.39, 0.29) is 12.0 Å².